The van der Waals surface area contributed by atoms with E-state index in [0.29, 0.717) is 0 Å². The van der Waals surface area contributed by atoms with Gasteiger partial charge in [0.2, 0.25) is 0 Å². The van der Waals surface area contributed by atoms with Crippen LogP contribution < -0.4 is 5.46 Å². The molecule has 2 nitrogen and oxygen atoms in total. The third-order valence-electron chi connectivity index (χ3n) is 3.44. The van der Waals surface area contributed by atoms with Crippen LogP contribution in [0.25, 0.3) is 0 Å². The second-order valence-corrected chi connectivity index (χ2v) is 5.93. The summed E-state index contributed by atoms with van der Waals surface area (Å²) in [6.07, 6.45) is 5.36. The Balaban J connectivity index is 1.86. The van der Waals surface area contributed by atoms with Crippen LogP contribution in [0.1, 0.15) is 31.2 Å². The fourth-order valence-electron chi connectivity index (χ4n) is 2.40. The third-order valence-corrected chi connectivity index (χ3v) is 4.68. The van der Waals surface area contributed by atoms with Gasteiger partial charge in [0.15, 0.2) is 0 Å². The van der Waals surface area contributed by atoms with Gasteiger partial charge in [-0.05, 0) is 36.1 Å². The molecule has 1 aliphatic rings. The Morgan fingerprint density at radius 1 is 1.28 bits per heavy atom. The Morgan fingerprint density at radius 3 is 2.67 bits per heavy atom. The molecule has 0 aliphatic heterocycles. The van der Waals surface area contributed by atoms with E-state index in [9.17, 15) is 4.39 Å². The zero-order valence-corrected chi connectivity index (χ0v) is 11.1. The van der Waals surface area contributed by atoms with E-state index in [1.54, 1.807) is 12.1 Å². The molecule has 18 heavy (non-hydrogen) atoms. The molecule has 1 aliphatic carbocycles. The van der Waals surface area contributed by atoms with E-state index in [2.05, 4.69) is 0 Å². The average molecular weight is 268 g/mol. The molecule has 0 saturated heterocycles. The van der Waals surface area contributed by atoms with Crippen molar-refractivity contribution in [2.45, 2.75) is 31.4 Å². The summed E-state index contributed by atoms with van der Waals surface area (Å²) in [5.74, 6) is 2.22. The van der Waals surface area contributed by atoms with Gasteiger partial charge in [-0.25, -0.2) is 4.39 Å². The summed E-state index contributed by atoms with van der Waals surface area (Å²) in [5.41, 5.74) is 0.913. The lowest BCUT2D eigenvalue weighted by molar-refractivity contribution is 0.423. The molecule has 5 heteroatoms. The largest absolute Gasteiger partial charge is 0.491 e. The van der Waals surface area contributed by atoms with Gasteiger partial charge in [-0.3, -0.25) is 0 Å². The van der Waals surface area contributed by atoms with Crippen LogP contribution in [0.3, 0.4) is 0 Å². The average Bonchev–Trinajstić information content (AvgIpc) is 2.84. The minimum Gasteiger partial charge on any atom is -0.423 e. The molecule has 2 rings (SSSR count). The van der Waals surface area contributed by atoms with E-state index in [1.807, 2.05) is 11.8 Å². The Bertz CT molecular complexity index is 395. The maximum Gasteiger partial charge on any atom is 0.491 e. The van der Waals surface area contributed by atoms with Crippen LogP contribution in [0.5, 0.6) is 0 Å². The highest BCUT2D eigenvalue weighted by Crippen LogP contribution is 2.28. The molecule has 1 fully saturated rings. The highest BCUT2D eigenvalue weighted by molar-refractivity contribution is 7.98. The van der Waals surface area contributed by atoms with Crippen molar-refractivity contribution < 1.29 is 14.4 Å². The first-order chi connectivity index (χ1) is 8.66. The predicted octanol–water partition coefficient (Wildman–Crippen LogP) is 1.93. The first-order valence-electron chi connectivity index (χ1n) is 6.39. The number of hydrogen-bond donors (Lipinski definition) is 2. The van der Waals surface area contributed by atoms with Crippen LogP contribution in [0.15, 0.2) is 18.2 Å². The molecule has 0 spiro atoms. The quantitative estimate of drug-likeness (QED) is 0.802. The van der Waals surface area contributed by atoms with Crippen LogP contribution in [-0.4, -0.2) is 22.9 Å². The molecule has 1 aromatic carbocycles. The van der Waals surface area contributed by atoms with Crippen molar-refractivity contribution in [3.05, 3.63) is 29.6 Å². The van der Waals surface area contributed by atoms with Gasteiger partial charge in [-0.1, -0.05) is 25.0 Å². The van der Waals surface area contributed by atoms with Crippen LogP contribution >= 0.6 is 11.8 Å². The Hall–Kier alpha value is -0.515. The summed E-state index contributed by atoms with van der Waals surface area (Å²) in [7, 11) is -1.73. The first kappa shape index (κ1) is 13.9. The SMILES string of the molecule is OB(O)c1cc(CSCC2CCCC2)ccc1F. The maximum atomic E-state index is 13.3. The fraction of sp³-hybridized carbons (Fsp3) is 0.538. The van der Waals surface area contributed by atoms with Crippen molar-refractivity contribution in [2.75, 3.05) is 5.75 Å². The number of rotatable bonds is 5. The molecule has 1 aromatic rings. The number of hydrogen-bond acceptors (Lipinski definition) is 3. The van der Waals surface area contributed by atoms with Crippen LogP contribution in [0.2, 0.25) is 0 Å². The standard InChI is InChI=1S/C13H18BFO2S/c15-13-6-5-11(7-12(13)14(16)17)9-18-8-10-3-1-2-4-10/h5-7,10,16-17H,1-4,8-9H2. The van der Waals surface area contributed by atoms with Crippen molar-refractivity contribution >= 4 is 24.3 Å². The van der Waals surface area contributed by atoms with Crippen LogP contribution in [0, 0.1) is 11.7 Å². The molecule has 0 amide bonds. The molecule has 0 atom stereocenters. The molecule has 1 saturated carbocycles. The van der Waals surface area contributed by atoms with Gasteiger partial charge < -0.3 is 10.0 Å². The molecule has 98 valence electrons. The fourth-order valence-corrected chi connectivity index (χ4v) is 3.60. The maximum absolute atomic E-state index is 13.3. The van der Waals surface area contributed by atoms with Gasteiger partial charge in [0.1, 0.15) is 5.82 Å². The smallest absolute Gasteiger partial charge is 0.423 e. The molecule has 0 bridgehead atoms. The van der Waals surface area contributed by atoms with E-state index < -0.39 is 12.9 Å². The van der Waals surface area contributed by atoms with E-state index in [4.69, 9.17) is 10.0 Å². The second-order valence-electron chi connectivity index (χ2n) is 4.90. The van der Waals surface area contributed by atoms with Crippen molar-refractivity contribution in [3.63, 3.8) is 0 Å². The zero-order valence-electron chi connectivity index (χ0n) is 10.3. The van der Waals surface area contributed by atoms with E-state index >= 15 is 0 Å². The lowest BCUT2D eigenvalue weighted by atomic mass is 9.79. The molecule has 0 unspecified atom stereocenters. The van der Waals surface area contributed by atoms with Crippen molar-refractivity contribution in [1.29, 1.82) is 0 Å². The van der Waals surface area contributed by atoms with Crippen molar-refractivity contribution in [3.8, 4) is 0 Å². The summed E-state index contributed by atoms with van der Waals surface area (Å²) in [6.45, 7) is 0. The van der Waals surface area contributed by atoms with Gasteiger partial charge in [0.05, 0.1) is 0 Å². The molecular weight excluding hydrogens is 250 g/mol. The van der Waals surface area contributed by atoms with E-state index in [0.717, 1.165) is 23.0 Å². The molecule has 0 heterocycles. The lowest BCUT2D eigenvalue weighted by Crippen LogP contribution is -2.33. The van der Waals surface area contributed by atoms with Crippen LogP contribution in [-0.2, 0) is 5.75 Å². The number of halogens is 1. The lowest BCUT2D eigenvalue weighted by Gasteiger charge is -2.09. The van der Waals surface area contributed by atoms with Crippen molar-refractivity contribution in [2.24, 2.45) is 5.92 Å². The Labute approximate surface area is 112 Å². The Kier molecular flexibility index (Phi) is 5.09. The van der Waals surface area contributed by atoms with E-state index in [1.165, 1.54) is 31.7 Å². The summed E-state index contributed by atoms with van der Waals surface area (Å²) in [6, 6.07) is 4.56. The normalized spacial score (nSPS) is 16.2. The second kappa shape index (κ2) is 6.59. The Morgan fingerprint density at radius 2 is 2.00 bits per heavy atom. The monoisotopic (exact) mass is 268 g/mol. The van der Waals surface area contributed by atoms with Crippen LogP contribution in [0.4, 0.5) is 4.39 Å². The topological polar surface area (TPSA) is 40.5 Å². The summed E-state index contributed by atoms with van der Waals surface area (Å²) < 4.78 is 13.3. The highest BCUT2D eigenvalue weighted by atomic mass is 32.2. The minimum atomic E-state index is -1.73. The summed E-state index contributed by atoms with van der Waals surface area (Å²) >= 11 is 1.84. The van der Waals surface area contributed by atoms with Gasteiger partial charge >= 0.3 is 7.12 Å². The summed E-state index contributed by atoms with van der Waals surface area (Å²) in [4.78, 5) is 0. The molecule has 0 aromatic heterocycles. The predicted molar refractivity (Wildman–Crippen MR) is 74.3 cm³/mol. The molecular formula is C13H18BFO2S. The van der Waals surface area contributed by atoms with Gasteiger partial charge in [0, 0.05) is 11.2 Å². The highest BCUT2D eigenvalue weighted by Gasteiger charge is 2.17. The molecule has 2 N–H and O–H groups in total. The number of thioether (sulfide) groups is 1. The van der Waals surface area contributed by atoms with Crippen molar-refractivity contribution in [1.82, 2.24) is 0 Å². The van der Waals surface area contributed by atoms with Gasteiger partial charge in [0.25, 0.3) is 0 Å². The van der Waals surface area contributed by atoms with Gasteiger partial charge in [-0.2, -0.15) is 11.8 Å². The van der Waals surface area contributed by atoms with Gasteiger partial charge in [-0.15, -0.1) is 0 Å². The first-order valence-corrected chi connectivity index (χ1v) is 7.54. The zero-order chi connectivity index (χ0) is 13.0. The number of benzene rings is 1. The van der Waals surface area contributed by atoms with E-state index in [-0.39, 0.29) is 5.46 Å². The molecule has 0 radical (unpaired) electrons. The third kappa shape index (κ3) is 3.74. The summed E-state index contributed by atoms with van der Waals surface area (Å²) in [5, 5.41) is 18.1. The minimum absolute atomic E-state index is 0.0334.